The zero-order valence-electron chi connectivity index (χ0n) is 14.8. The molecule has 6 heteroatoms. The molecule has 24 heavy (non-hydrogen) atoms. The maximum absolute atomic E-state index is 5.33. The fraction of sp³-hybridized carbons (Fsp3) is 0.444. The van der Waals surface area contributed by atoms with E-state index in [0.717, 1.165) is 42.3 Å². The number of rotatable bonds is 9. The van der Waals surface area contributed by atoms with Crippen LogP contribution >= 0.6 is 0 Å². The molecule has 0 bridgehead atoms. The van der Waals surface area contributed by atoms with E-state index in [0.29, 0.717) is 12.0 Å². The number of hydrogen-bond acceptors (Lipinski definition) is 6. The maximum Gasteiger partial charge on any atom is 0.224 e. The molecule has 0 saturated carbocycles. The van der Waals surface area contributed by atoms with Crippen LogP contribution in [0.5, 0.6) is 11.5 Å². The van der Waals surface area contributed by atoms with Crippen molar-refractivity contribution in [3.05, 3.63) is 36.0 Å². The molecule has 1 aromatic carbocycles. The Kier molecular flexibility index (Phi) is 6.66. The van der Waals surface area contributed by atoms with Crippen LogP contribution in [0.15, 0.2) is 30.5 Å². The van der Waals surface area contributed by atoms with Gasteiger partial charge in [0.2, 0.25) is 5.95 Å². The second-order valence-electron chi connectivity index (χ2n) is 5.59. The first-order valence-electron chi connectivity index (χ1n) is 8.20. The molecule has 1 heterocycles. The average molecular weight is 330 g/mol. The predicted molar refractivity (Wildman–Crippen MR) is 97.1 cm³/mol. The van der Waals surface area contributed by atoms with E-state index in [2.05, 4.69) is 34.4 Å². The first-order chi connectivity index (χ1) is 11.7. The molecule has 0 fully saturated rings. The van der Waals surface area contributed by atoms with Gasteiger partial charge >= 0.3 is 0 Å². The molecule has 1 unspecified atom stereocenters. The Morgan fingerprint density at radius 2 is 1.92 bits per heavy atom. The third-order valence-electron chi connectivity index (χ3n) is 3.81. The van der Waals surface area contributed by atoms with Crippen LogP contribution in [-0.2, 0) is 6.42 Å². The molecule has 130 valence electrons. The number of nitrogens with one attached hydrogen (secondary N) is 2. The lowest BCUT2D eigenvalue weighted by atomic mass is 10.1. The number of methoxy groups -OCH3 is 2. The van der Waals surface area contributed by atoms with Gasteiger partial charge in [0.05, 0.1) is 14.2 Å². The highest BCUT2D eigenvalue weighted by molar-refractivity contribution is 5.43. The minimum atomic E-state index is 0.388. The molecule has 2 N–H and O–H groups in total. The Morgan fingerprint density at radius 3 is 2.62 bits per heavy atom. The summed E-state index contributed by atoms with van der Waals surface area (Å²) in [5.74, 6) is 2.95. The summed E-state index contributed by atoms with van der Waals surface area (Å²) >= 11 is 0. The minimum absolute atomic E-state index is 0.388. The van der Waals surface area contributed by atoms with Gasteiger partial charge in [-0.1, -0.05) is 13.0 Å². The highest BCUT2D eigenvalue weighted by atomic mass is 16.5. The molecule has 0 spiro atoms. The second kappa shape index (κ2) is 8.96. The summed E-state index contributed by atoms with van der Waals surface area (Å²) in [6, 6.07) is 8.21. The van der Waals surface area contributed by atoms with Crippen molar-refractivity contribution < 1.29 is 9.47 Å². The zero-order valence-corrected chi connectivity index (χ0v) is 14.8. The van der Waals surface area contributed by atoms with Gasteiger partial charge in [0, 0.05) is 18.8 Å². The van der Waals surface area contributed by atoms with E-state index >= 15 is 0 Å². The van der Waals surface area contributed by atoms with E-state index in [1.165, 1.54) is 0 Å². The van der Waals surface area contributed by atoms with Gasteiger partial charge in [-0.25, -0.2) is 4.98 Å². The van der Waals surface area contributed by atoms with Gasteiger partial charge < -0.3 is 20.1 Å². The largest absolute Gasteiger partial charge is 0.493 e. The Balaban J connectivity index is 1.91. The third kappa shape index (κ3) is 5.01. The lowest BCUT2D eigenvalue weighted by molar-refractivity contribution is 0.354. The van der Waals surface area contributed by atoms with Crippen LogP contribution in [0.3, 0.4) is 0 Å². The summed E-state index contributed by atoms with van der Waals surface area (Å²) in [7, 11) is 3.28. The normalized spacial score (nSPS) is 11.7. The molecule has 0 radical (unpaired) electrons. The highest BCUT2D eigenvalue weighted by Crippen LogP contribution is 2.27. The molecular weight excluding hydrogens is 304 g/mol. The van der Waals surface area contributed by atoms with Gasteiger partial charge in [0.1, 0.15) is 5.82 Å². The first kappa shape index (κ1) is 17.8. The van der Waals surface area contributed by atoms with E-state index in [1.807, 2.05) is 24.3 Å². The minimum Gasteiger partial charge on any atom is -0.493 e. The number of hydrogen-bond donors (Lipinski definition) is 2. The summed E-state index contributed by atoms with van der Waals surface area (Å²) < 4.78 is 10.6. The van der Waals surface area contributed by atoms with Gasteiger partial charge in [0.25, 0.3) is 0 Å². The van der Waals surface area contributed by atoms with Gasteiger partial charge in [-0.2, -0.15) is 4.98 Å². The SMILES string of the molecule is CCC(C)Nc1ccnc(NCCc2ccc(OC)c(OC)c2)n1. The summed E-state index contributed by atoms with van der Waals surface area (Å²) in [6.45, 7) is 5.01. The van der Waals surface area contributed by atoms with Crippen molar-refractivity contribution in [3.63, 3.8) is 0 Å². The Hall–Kier alpha value is -2.50. The third-order valence-corrected chi connectivity index (χ3v) is 3.81. The van der Waals surface area contributed by atoms with Crippen molar-refractivity contribution in [2.75, 3.05) is 31.4 Å². The van der Waals surface area contributed by atoms with Crippen molar-refractivity contribution in [2.45, 2.75) is 32.7 Å². The molecule has 0 amide bonds. The zero-order chi connectivity index (χ0) is 17.4. The van der Waals surface area contributed by atoms with E-state index in [-0.39, 0.29) is 0 Å². The lowest BCUT2D eigenvalue weighted by Crippen LogP contribution is -2.15. The predicted octanol–water partition coefficient (Wildman–Crippen LogP) is 3.36. The number of benzene rings is 1. The molecule has 2 rings (SSSR count). The number of aromatic nitrogens is 2. The van der Waals surface area contributed by atoms with Crippen LogP contribution in [0, 0.1) is 0 Å². The molecule has 1 aromatic heterocycles. The van der Waals surface area contributed by atoms with Crippen LogP contribution in [-0.4, -0.2) is 36.8 Å². The number of nitrogens with zero attached hydrogens (tertiary/aromatic N) is 2. The van der Waals surface area contributed by atoms with Crippen molar-refractivity contribution in [1.29, 1.82) is 0 Å². The van der Waals surface area contributed by atoms with E-state index in [4.69, 9.17) is 9.47 Å². The fourth-order valence-electron chi connectivity index (χ4n) is 2.23. The summed E-state index contributed by atoms with van der Waals surface area (Å²) in [6.07, 6.45) is 3.65. The Bertz CT molecular complexity index is 649. The summed E-state index contributed by atoms with van der Waals surface area (Å²) in [4.78, 5) is 8.73. The fourth-order valence-corrected chi connectivity index (χ4v) is 2.23. The number of ether oxygens (including phenoxy) is 2. The molecule has 0 aliphatic carbocycles. The van der Waals surface area contributed by atoms with Crippen LogP contribution in [0.2, 0.25) is 0 Å². The molecule has 0 aliphatic rings. The van der Waals surface area contributed by atoms with Gasteiger partial charge in [-0.05, 0) is 43.5 Å². The second-order valence-corrected chi connectivity index (χ2v) is 5.59. The summed E-state index contributed by atoms with van der Waals surface area (Å²) in [5.41, 5.74) is 1.16. The molecule has 0 aliphatic heterocycles. The van der Waals surface area contributed by atoms with Crippen LogP contribution in [0.1, 0.15) is 25.8 Å². The monoisotopic (exact) mass is 330 g/mol. The van der Waals surface area contributed by atoms with Gasteiger partial charge in [-0.3, -0.25) is 0 Å². The van der Waals surface area contributed by atoms with Gasteiger partial charge in [0.15, 0.2) is 11.5 Å². The van der Waals surface area contributed by atoms with Crippen molar-refractivity contribution in [3.8, 4) is 11.5 Å². The standard InChI is InChI=1S/C18H26N4O2/c1-5-13(2)21-17-9-11-20-18(22-17)19-10-8-14-6-7-15(23-3)16(12-14)24-4/h6-7,9,11-13H,5,8,10H2,1-4H3,(H2,19,20,21,22). The highest BCUT2D eigenvalue weighted by Gasteiger charge is 2.05. The van der Waals surface area contributed by atoms with Crippen LogP contribution in [0.25, 0.3) is 0 Å². The molecule has 2 aromatic rings. The van der Waals surface area contributed by atoms with E-state index in [1.54, 1.807) is 20.4 Å². The Labute approximate surface area is 143 Å². The van der Waals surface area contributed by atoms with Gasteiger partial charge in [-0.15, -0.1) is 0 Å². The first-order valence-corrected chi connectivity index (χ1v) is 8.20. The van der Waals surface area contributed by atoms with E-state index < -0.39 is 0 Å². The topological polar surface area (TPSA) is 68.3 Å². The molecule has 6 nitrogen and oxygen atoms in total. The Morgan fingerprint density at radius 1 is 1.12 bits per heavy atom. The van der Waals surface area contributed by atoms with Crippen LogP contribution in [0.4, 0.5) is 11.8 Å². The molecule has 1 atom stereocenters. The smallest absolute Gasteiger partial charge is 0.224 e. The molecular formula is C18H26N4O2. The average Bonchev–Trinajstić information content (AvgIpc) is 2.61. The van der Waals surface area contributed by atoms with Crippen molar-refractivity contribution in [1.82, 2.24) is 9.97 Å². The number of anilines is 2. The van der Waals surface area contributed by atoms with Crippen LogP contribution < -0.4 is 20.1 Å². The lowest BCUT2D eigenvalue weighted by Gasteiger charge is -2.13. The van der Waals surface area contributed by atoms with Crippen molar-refractivity contribution in [2.24, 2.45) is 0 Å². The molecule has 0 saturated heterocycles. The van der Waals surface area contributed by atoms with Crippen molar-refractivity contribution >= 4 is 11.8 Å². The summed E-state index contributed by atoms with van der Waals surface area (Å²) in [5, 5.41) is 6.60. The van der Waals surface area contributed by atoms with E-state index in [9.17, 15) is 0 Å². The quantitative estimate of drug-likeness (QED) is 0.735. The maximum atomic E-state index is 5.33.